The molecule has 156 valence electrons. The lowest BCUT2D eigenvalue weighted by Crippen LogP contribution is -2.37. The van der Waals surface area contributed by atoms with Crippen LogP contribution in [0.2, 0.25) is 0 Å². The summed E-state index contributed by atoms with van der Waals surface area (Å²) in [6.45, 7) is 0.581. The number of carbonyl (C=O) groups excluding carboxylic acids is 1. The van der Waals surface area contributed by atoms with Gasteiger partial charge in [-0.2, -0.15) is 13.2 Å². The second kappa shape index (κ2) is 8.07. The number of benzene rings is 2. The maximum absolute atomic E-state index is 12.9. The SMILES string of the molecule is Cc1c(NC(=O)CN(c2cccc(C(F)(F)F)c2)S(C)(=O)=O)cccc1[N+](=O)[O-]. The average Bonchev–Trinajstić information content (AvgIpc) is 2.59. The van der Waals surface area contributed by atoms with Crippen LogP contribution in [-0.4, -0.2) is 32.0 Å². The van der Waals surface area contributed by atoms with Crippen molar-refractivity contribution in [3.63, 3.8) is 0 Å². The highest BCUT2D eigenvalue weighted by Gasteiger charge is 2.32. The number of hydrogen-bond acceptors (Lipinski definition) is 5. The summed E-state index contributed by atoms with van der Waals surface area (Å²) in [5.74, 6) is -0.878. The lowest BCUT2D eigenvalue weighted by molar-refractivity contribution is -0.385. The Hall–Kier alpha value is -3.15. The van der Waals surface area contributed by atoms with Gasteiger partial charge in [-0.25, -0.2) is 8.42 Å². The number of carbonyl (C=O) groups is 1. The quantitative estimate of drug-likeness (QED) is 0.557. The zero-order valence-corrected chi connectivity index (χ0v) is 16.0. The van der Waals surface area contributed by atoms with E-state index in [1.807, 2.05) is 0 Å². The molecule has 0 aliphatic carbocycles. The van der Waals surface area contributed by atoms with Crippen molar-refractivity contribution in [1.29, 1.82) is 0 Å². The van der Waals surface area contributed by atoms with Crippen molar-refractivity contribution < 1.29 is 31.3 Å². The normalized spacial score (nSPS) is 11.8. The number of amides is 1. The lowest BCUT2D eigenvalue weighted by Gasteiger charge is -2.23. The summed E-state index contributed by atoms with van der Waals surface area (Å²) in [6, 6.07) is 7.50. The maximum Gasteiger partial charge on any atom is 0.416 e. The molecule has 2 rings (SSSR count). The van der Waals surface area contributed by atoms with Crippen molar-refractivity contribution in [2.24, 2.45) is 0 Å². The first-order chi connectivity index (χ1) is 13.3. The van der Waals surface area contributed by atoms with E-state index < -0.39 is 39.1 Å². The van der Waals surface area contributed by atoms with Gasteiger partial charge >= 0.3 is 6.18 Å². The maximum atomic E-state index is 12.9. The number of alkyl halides is 3. The molecule has 8 nitrogen and oxygen atoms in total. The van der Waals surface area contributed by atoms with E-state index in [0.29, 0.717) is 10.4 Å². The van der Waals surface area contributed by atoms with Crippen molar-refractivity contribution in [2.45, 2.75) is 13.1 Å². The first-order valence-corrected chi connectivity index (χ1v) is 9.84. The molecule has 1 amide bonds. The molecule has 0 heterocycles. The largest absolute Gasteiger partial charge is 0.416 e. The third-order valence-corrected chi connectivity index (χ3v) is 5.07. The summed E-state index contributed by atoms with van der Waals surface area (Å²) in [5, 5.41) is 13.3. The Morgan fingerprint density at radius 1 is 1.21 bits per heavy atom. The van der Waals surface area contributed by atoms with Crippen molar-refractivity contribution in [3.05, 3.63) is 63.7 Å². The fourth-order valence-corrected chi connectivity index (χ4v) is 3.36. The highest BCUT2D eigenvalue weighted by molar-refractivity contribution is 7.92. The van der Waals surface area contributed by atoms with Crippen LogP contribution in [-0.2, 0) is 21.0 Å². The van der Waals surface area contributed by atoms with Crippen LogP contribution >= 0.6 is 0 Å². The van der Waals surface area contributed by atoms with E-state index in [1.165, 1.54) is 25.1 Å². The number of nitrogens with zero attached hydrogens (tertiary/aromatic N) is 2. The topological polar surface area (TPSA) is 110 Å². The second-order valence-electron chi connectivity index (χ2n) is 6.07. The summed E-state index contributed by atoms with van der Waals surface area (Å²) in [6.07, 6.45) is -3.94. The smallest absolute Gasteiger partial charge is 0.324 e. The van der Waals surface area contributed by atoms with Gasteiger partial charge in [0.25, 0.3) is 5.69 Å². The number of hydrogen-bond donors (Lipinski definition) is 1. The fraction of sp³-hybridized carbons (Fsp3) is 0.235. The van der Waals surface area contributed by atoms with Gasteiger partial charge < -0.3 is 5.32 Å². The highest BCUT2D eigenvalue weighted by Crippen LogP contribution is 2.32. The molecule has 1 N–H and O–H groups in total. The van der Waals surface area contributed by atoms with E-state index in [1.54, 1.807) is 0 Å². The minimum absolute atomic E-state index is 0.0849. The Morgan fingerprint density at radius 2 is 1.83 bits per heavy atom. The summed E-state index contributed by atoms with van der Waals surface area (Å²) in [4.78, 5) is 22.7. The molecule has 0 aliphatic rings. The third kappa shape index (κ3) is 5.44. The van der Waals surface area contributed by atoms with Crippen LogP contribution in [0.3, 0.4) is 0 Å². The zero-order chi connectivity index (χ0) is 22.0. The number of rotatable bonds is 6. The Kier molecular flexibility index (Phi) is 6.16. The van der Waals surface area contributed by atoms with Crippen molar-refractivity contribution in [1.82, 2.24) is 0 Å². The summed E-state index contributed by atoms with van der Waals surface area (Å²) in [7, 11) is -4.10. The summed E-state index contributed by atoms with van der Waals surface area (Å²) < 4.78 is 63.4. The van der Waals surface area contributed by atoms with Gasteiger partial charge in [-0.15, -0.1) is 0 Å². The predicted octanol–water partition coefficient (Wildman–Crippen LogP) is 3.33. The van der Waals surface area contributed by atoms with Crippen molar-refractivity contribution >= 4 is 33.0 Å². The molecular formula is C17H16F3N3O5S. The molecule has 2 aromatic rings. The van der Waals surface area contributed by atoms with E-state index in [-0.39, 0.29) is 22.6 Å². The summed E-state index contributed by atoms with van der Waals surface area (Å²) >= 11 is 0. The molecule has 0 fully saturated rings. The first-order valence-electron chi connectivity index (χ1n) is 7.99. The van der Waals surface area contributed by atoms with Crippen LogP contribution in [0.5, 0.6) is 0 Å². The second-order valence-corrected chi connectivity index (χ2v) is 7.98. The van der Waals surface area contributed by atoms with E-state index >= 15 is 0 Å². The Balaban J connectivity index is 2.32. The fourth-order valence-electron chi connectivity index (χ4n) is 2.51. The van der Waals surface area contributed by atoms with Crippen LogP contribution in [0.4, 0.5) is 30.2 Å². The number of nitrogens with one attached hydrogen (secondary N) is 1. The number of halogens is 3. The van der Waals surface area contributed by atoms with Crippen LogP contribution in [0, 0.1) is 17.0 Å². The monoisotopic (exact) mass is 431 g/mol. The number of nitro benzene ring substituents is 1. The van der Waals surface area contributed by atoms with Gasteiger partial charge in [-0.05, 0) is 31.2 Å². The standard InChI is InChI=1S/C17H16F3N3O5S/c1-11-14(7-4-8-15(11)23(25)26)21-16(24)10-22(29(2,27)28)13-6-3-5-12(9-13)17(18,19)20/h3-9H,10H2,1-2H3,(H,21,24). The summed E-state index contributed by atoms with van der Waals surface area (Å²) in [5.41, 5.74) is -1.43. The van der Waals surface area contributed by atoms with E-state index in [9.17, 15) is 36.5 Å². The molecule has 12 heteroatoms. The number of nitro groups is 1. The highest BCUT2D eigenvalue weighted by atomic mass is 32.2. The molecular weight excluding hydrogens is 415 g/mol. The zero-order valence-electron chi connectivity index (χ0n) is 15.2. The molecule has 0 aromatic heterocycles. The van der Waals surface area contributed by atoms with Gasteiger partial charge in [0, 0.05) is 6.07 Å². The molecule has 0 saturated heterocycles. The Labute approximate surface area is 164 Å². The molecule has 0 unspecified atom stereocenters. The third-order valence-electron chi connectivity index (χ3n) is 3.92. The van der Waals surface area contributed by atoms with E-state index in [2.05, 4.69) is 5.32 Å². The van der Waals surface area contributed by atoms with E-state index in [0.717, 1.165) is 24.5 Å². The minimum Gasteiger partial charge on any atom is -0.324 e. The van der Waals surface area contributed by atoms with E-state index in [4.69, 9.17) is 0 Å². The predicted molar refractivity (Wildman–Crippen MR) is 100 cm³/mol. The van der Waals surface area contributed by atoms with Crippen LogP contribution < -0.4 is 9.62 Å². The molecule has 0 bridgehead atoms. The lowest BCUT2D eigenvalue weighted by atomic mass is 10.1. The van der Waals surface area contributed by atoms with Crippen LogP contribution in [0.15, 0.2) is 42.5 Å². The number of sulfonamides is 1. The Bertz CT molecular complexity index is 1050. The van der Waals surface area contributed by atoms with Crippen LogP contribution in [0.1, 0.15) is 11.1 Å². The first kappa shape index (κ1) is 22.1. The van der Waals surface area contributed by atoms with Gasteiger partial charge in [0.05, 0.1) is 33.7 Å². The molecule has 0 aliphatic heterocycles. The molecule has 2 aromatic carbocycles. The molecule has 0 saturated carbocycles. The van der Waals surface area contributed by atoms with Crippen molar-refractivity contribution in [2.75, 3.05) is 22.4 Å². The number of anilines is 2. The Morgan fingerprint density at radius 3 is 2.38 bits per heavy atom. The molecule has 0 spiro atoms. The molecule has 0 radical (unpaired) electrons. The van der Waals surface area contributed by atoms with Gasteiger partial charge in [0.2, 0.25) is 15.9 Å². The molecule has 29 heavy (non-hydrogen) atoms. The van der Waals surface area contributed by atoms with Gasteiger partial charge in [-0.1, -0.05) is 12.1 Å². The van der Waals surface area contributed by atoms with Gasteiger partial charge in [-0.3, -0.25) is 19.2 Å². The average molecular weight is 431 g/mol. The van der Waals surface area contributed by atoms with Gasteiger partial charge in [0.1, 0.15) is 6.54 Å². The van der Waals surface area contributed by atoms with Gasteiger partial charge in [0.15, 0.2) is 0 Å². The van der Waals surface area contributed by atoms with Crippen LogP contribution in [0.25, 0.3) is 0 Å². The molecule has 0 atom stereocenters. The van der Waals surface area contributed by atoms with Crippen molar-refractivity contribution in [3.8, 4) is 0 Å². The minimum atomic E-state index is -4.69.